The van der Waals surface area contributed by atoms with Gasteiger partial charge >= 0.3 is 0 Å². The summed E-state index contributed by atoms with van der Waals surface area (Å²) in [6.45, 7) is 5.26. The normalized spacial score (nSPS) is 15.4. The van der Waals surface area contributed by atoms with Crippen molar-refractivity contribution in [1.82, 2.24) is 0 Å². The van der Waals surface area contributed by atoms with Gasteiger partial charge in [-0.2, -0.15) is 0 Å². The van der Waals surface area contributed by atoms with Crippen molar-refractivity contribution in [2.24, 2.45) is 0 Å². The number of hydrogen-bond donors (Lipinski definition) is 1. The monoisotopic (exact) mass is 198 g/mol. The number of carbonyl (C=O) groups is 1. The van der Waals surface area contributed by atoms with Crippen LogP contribution in [0.2, 0.25) is 0 Å². The SMILES string of the molecule is CCC(C)(O)C(=O)c1ccsc1C. The van der Waals surface area contributed by atoms with Crippen molar-refractivity contribution in [1.29, 1.82) is 0 Å². The van der Waals surface area contributed by atoms with Gasteiger partial charge in [0.25, 0.3) is 0 Å². The van der Waals surface area contributed by atoms with E-state index in [9.17, 15) is 9.90 Å². The van der Waals surface area contributed by atoms with E-state index in [1.165, 1.54) is 11.3 Å². The quantitative estimate of drug-likeness (QED) is 0.757. The smallest absolute Gasteiger partial charge is 0.195 e. The zero-order valence-electron chi connectivity index (χ0n) is 8.13. The number of thiophene rings is 1. The van der Waals surface area contributed by atoms with Gasteiger partial charge in [-0.1, -0.05) is 6.92 Å². The second-order valence-corrected chi connectivity index (χ2v) is 4.47. The van der Waals surface area contributed by atoms with Gasteiger partial charge in [0.2, 0.25) is 0 Å². The van der Waals surface area contributed by atoms with E-state index in [1.807, 2.05) is 12.3 Å². The lowest BCUT2D eigenvalue weighted by Gasteiger charge is -2.19. The standard InChI is InChI=1S/C10H14O2S/c1-4-10(3,12)9(11)8-5-6-13-7(8)2/h5-6,12H,4H2,1-3H3. The summed E-state index contributed by atoms with van der Waals surface area (Å²) in [5.41, 5.74) is -0.567. The number of Topliss-reactive ketones (excluding diaryl/α,β-unsaturated/α-hetero) is 1. The lowest BCUT2D eigenvalue weighted by molar-refractivity contribution is 0.0390. The first kappa shape index (κ1) is 10.4. The Bertz CT molecular complexity index is 312. The molecule has 0 aromatic carbocycles. The molecule has 0 aliphatic carbocycles. The largest absolute Gasteiger partial charge is 0.382 e. The molecule has 3 heteroatoms. The summed E-state index contributed by atoms with van der Waals surface area (Å²) in [5.74, 6) is -0.172. The van der Waals surface area contributed by atoms with E-state index in [0.717, 1.165) is 4.88 Å². The molecule has 0 bridgehead atoms. The van der Waals surface area contributed by atoms with E-state index in [4.69, 9.17) is 0 Å². The highest BCUT2D eigenvalue weighted by atomic mass is 32.1. The molecule has 1 rings (SSSR count). The number of carbonyl (C=O) groups excluding carboxylic acids is 1. The Kier molecular flexibility index (Phi) is 2.88. The van der Waals surface area contributed by atoms with Gasteiger partial charge in [-0.15, -0.1) is 11.3 Å². The lowest BCUT2D eigenvalue weighted by atomic mass is 9.93. The van der Waals surface area contributed by atoms with Crippen molar-refractivity contribution in [3.05, 3.63) is 21.9 Å². The van der Waals surface area contributed by atoms with Crippen LogP contribution in [0.15, 0.2) is 11.4 Å². The molecule has 72 valence electrons. The Hall–Kier alpha value is -0.670. The molecule has 0 saturated heterocycles. The fourth-order valence-electron chi connectivity index (χ4n) is 1.07. The predicted octanol–water partition coefficient (Wildman–Crippen LogP) is 2.40. The summed E-state index contributed by atoms with van der Waals surface area (Å²) in [6.07, 6.45) is 0.446. The minimum atomic E-state index is -1.22. The molecule has 13 heavy (non-hydrogen) atoms. The van der Waals surface area contributed by atoms with Crippen molar-refractivity contribution < 1.29 is 9.90 Å². The molecule has 1 atom stereocenters. The van der Waals surface area contributed by atoms with Crippen LogP contribution in [-0.2, 0) is 0 Å². The van der Waals surface area contributed by atoms with E-state index in [-0.39, 0.29) is 5.78 Å². The Balaban J connectivity index is 2.98. The summed E-state index contributed by atoms with van der Waals surface area (Å²) in [5, 5.41) is 11.6. The zero-order valence-corrected chi connectivity index (χ0v) is 8.94. The minimum absolute atomic E-state index is 0.172. The fraction of sp³-hybridized carbons (Fsp3) is 0.500. The molecule has 0 radical (unpaired) electrons. The lowest BCUT2D eigenvalue weighted by Crippen LogP contribution is -2.34. The Labute approximate surface area is 82.2 Å². The molecule has 1 unspecified atom stereocenters. The van der Waals surface area contributed by atoms with Crippen molar-refractivity contribution in [2.45, 2.75) is 32.8 Å². The Morgan fingerprint density at radius 3 is 2.69 bits per heavy atom. The maximum absolute atomic E-state index is 11.7. The topological polar surface area (TPSA) is 37.3 Å². The molecule has 1 heterocycles. The third-order valence-corrected chi connectivity index (χ3v) is 3.13. The van der Waals surface area contributed by atoms with Crippen molar-refractivity contribution >= 4 is 17.1 Å². The summed E-state index contributed by atoms with van der Waals surface area (Å²) in [6, 6.07) is 1.77. The van der Waals surface area contributed by atoms with E-state index >= 15 is 0 Å². The highest BCUT2D eigenvalue weighted by molar-refractivity contribution is 7.10. The highest BCUT2D eigenvalue weighted by Crippen LogP contribution is 2.22. The Morgan fingerprint density at radius 2 is 2.31 bits per heavy atom. The third-order valence-electron chi connectivity index (χ3n) is 2.28. The fourth-order valence-corrected chi connectivity index (χ4v) is 1.77. The van der Waals surface area contributed by atoms with Gasteiger partial charge < -0.3 is 5.11 Å². The van der Waals surface area contributed by atoms with E-state index < -0.39 is 5.60 Å². The molecular weight excluding hydrogens is 184 g/mol. The van der Waals surface area contributed by atoms with Crippen LogP contribution in [-0.4, -0.2) is 16.5 Å². The van der Waals surface area contributed by atoms with Crippen LogP contribution in [0.3, 0.4) is 0 Å². The molecule has 0 amide bonds. The minimum Gasteiger partial charge on any atom is -0.382 e. The second kappa shape index (κ2) is 3.60. The average Bonchev–Trinajstić information content (AvgIpc) is 2.50. The third kappa shape index (κ3) is 1.98. The molecule has 1 N–H and O–H groups in total. The van der Waals surface area contributed by atoms with Crippen LogP contribution in [0, 0.1) is 6.92 Å². The molecule has 1 aromatic heterocycles. The number of aryl methyl sites for hydroxylation is 1. The summed E-state index contributed by atoms with van der Waals surface area (Å²) >= 11 is 1.53. The maximum Gasteiger partial charge on any atom is 0.195 e. The summed E-state index contributed by atoms with van der Waals surface area (Å²) in [7, 11) is 0. The number of rotatable bonds is 3. The maximum atomic E-state index is 11.7. The molecule has 0 aliphatic heterocycles. The van der Waals surface area contributed by atoms with Gasteiger partial charge in [0.15, 0.2) is 5.78 Å². The molecule has 0 aliphatic rings. The number of ketones is 1. The van der Waals surface area contributed by atoms with Crippen LogP contribution >= 0.6 is 11.3 Å². The van der Waals surface area contributed by atoms with Crippen LogP contribution in [0.1, 0.15) is 35.5 Å². The molecule has 0 saturated carbocycles. The first-order chi connectivity index (χ1) is 5.99. The van der Waals surface area contributed by atoms with Gasteiger partial charge in [0.1, 0.15) is 5.60 Å². The van der Waals surface area contributed by atoms with E-state index in [1.54, 1.807) is 19.9 Å². The van der Waals surface area contributed by atoms with E-state index in [0.29, 0.717) is 12.0 Å². The first-order valence-corrected chi connectivity index (χ1v) is 5.18. The number of aliphatic hydroxyl groups is 1. The molecule has 0 fully saturated rings. The van der Waals surface area contributed by atoms with E-state index in [2.05, 4.69) is 0 Å². The zero-order chi connectivity index (χ0) is 10.1. The van der Waals surface area contributed by atoms with Gasteiger partial charge in [-0.3, -0.25) is 4.79 Å². The predicted molar refractivity (Wildman–Crippen MR) is 54.3 cm³/mol. The molecule has 2 nitrogen and oxygen atoms in total. The van der Waals surface area contributed by atoms with Crippen molar-refractivity contribution in [3.63, 3.8) is 0 Å². The van der Waals surface area contributed by atoms with Crippen LogP contribution < -0.4 is 0 Å². The second-order valence-electron chi connectivity index (χ2n) is 3.35. The molecule has 0 spiro atoms. The Morgan fingerprint density at radius 1 is 1.69 bits per heavy atom. The van der Waals surface area contributed by atoms with Crippen LogP contribution in [0.25, 0.3) is 0 Å². The molecular formula is C10H14O2S. The molecule has 1 aromatic rings. The average molecular weight is 198 g/mol. The van der Waals surface area contributed by atoms with Gasteiger partial charge in [0.05, 0.1) is 0 Å². The van der Waals surface area contributed by atoms with Gasteiger partial charge in [-0.25, -0.2) is 0 Å². The summed E-state index contributed by atoms with van der Waals surface area (Å²) < 4.78 is 0. The van der Waals surface area contributed by atoms with Crippen LogP contribution in [0.4, 0.5) is 0 Å². The highest BCUT2D eigenvalue weighted by Gasteiger charge is 2.30. The van der Waals surface area contributed by atoms with Crippen LogP contribution in [0.5, 0.6) is 0 Å². The van der Waals surface area contributed by atoms with Crippen molar-refractivity contribution in [2.75, 3.05) is 0 Å². The number of hydrogen-bond acceptors (Lipinski definition) is 3. The van der Waals surface area contributed by atoms with Gasteiger partial charge in [-0.05, 0) is 31.7 Å². The van der Waals surface area contributed by atoms with Crippen molar-refractivity contribution in [3.8, 4) is 0 Å². The first-order valence-electron chi connectivity index (χ1n) is 4.30. The van der Waals surface area contributed by atoms with Gasteiger partial charge in [0, 0.05) is 10.4 Å². The summed E-state index contributed by atoms with van der Waals surface area (Å²) in [4.78, 5) is 12.7.